The summed E-state index contributed by atoms with van der Waals surface area (Å²) in [5.41, 5.74) is 3.16. The number of hydrogen-bond donors (Lipinski definition) is 3. The van der Waals surface area contributed by atoms with Gasteiger partial charge in [0, 0.05) is 49.1 Å². The van der Waals surface area contributed by atoms with E-state index in [0.29, 0.717) is 12.2 Å². The minimum absolute atomic E-state index is 0.558. The van der Waals surface area contributed by atoms with Crippen LogP contribution in [-0.2, 0) is 9.59 Å². The minimum atomic E-state index is -1.26. The topological polar surface area (TPSA) is 103 Å². The number of aliphatic carboxylic acids is 2. The summed E-state index contributed by atoms with van der Waals surface area (Å²) in [7, 11) is 0. The molecule has 3 N–H and O–H groups in total. The Hall–Kier alpha value is -3.63. The maximum absolute atomic E-state index is 9.55. The number of nitrogens with one attached hydrogen (secondary N) is 1. The summed E-state index contributed by atoms with van der Waals surface area (Å²) in [6.45, 7) is 4.22. The number of rotatable bonds is 3. The average Bonchev–Trinajstić information content (AvgIpc) is 3.02. The number of anilines is 1. The molecule has 0 aliphatic carbocycles. The molecule has 2 aromatic rings. The van der Waals surface area contributed by atoms with Gasteiger partial charge in [-0.05, 0) is 31.2 Å². The van der Waals surface area contributed by atoms with Crippen LogP contribution in [0.4, 0.5) is 5.69 Å². The van der Waals surface area contributed by atoms with Gasteiger partial charge in [-0.3, -0.25) is 4.98 Å². The van der Waals surface area contributed by atoms with Crippen molar-refractivity contribution >= 4 is 17.6 Å². The Bertz CT molecular complexity index is 877. The largest absolute Gasteiger partial charge is 0.478 e. The lowest BCUT2D eigenvalue weighted by Crippen LogP contribution is -2.27. The maximum Gasteiger partial charge on any atom is 0.328 e. The Kier molecular flexibility index (Phi) is 8.93. The first kappa shape index (κ1) is 21.7. The van der Waals surface area contributed by atoms with Crippen LogP contribution < -0.4 is 10.2 Å². The van der Waals surface area contributed by atoms with E-state index in [0.717, 1.165) is 37.3 Å². The summed E-state index contributed by atoms with van der Waals surface area (Å²) in [6, 6.07) is 12.2. The highest BCUT2D eigenvalue weighted by Crippen LogP contribution is 2.15. The van der Waals surface area contributed by atoms with Crippen molar-refractivity contribution in [1.29, 1.82) is 0 Å². The van der Waals surface area contributed by atoms with E-state index in [2.05, 4.69) is 33.1 Å². The minimum Gasteiger partial charge on any atom is -0.478 e. The number of aromatic nitrogens is 1. The monoisotopic (exact) mass is 393 g/mol. The number of carboxylic acids is 2. The Balaban J connectivity index is 0.000000321. The van der Waals surface area contributed by atoms with Crippen LogP contribution in [0.1, 0.15) is 17.5 Å². The fourth-order valence-electron chi connectivity index (χ4n) is 2.58. The maximum atomic E-state index is 9.55. The Morgan fingerprint density at radius 3 is 2.34 bits per heavy atom. The number of pyridine rings is 1. The van der Waals surface area contributed by atoms with Crippen LogP contribution in [0.15, 0.2) is 60.9 Å². The van der Waals surface area contributed by atoms with Gasteiger partial charge in [-0.2, -0.15) is 0 Å². The summed E-state index contributed by atoms with van der Waals surface area (Å²) in [5, 5.41) is 19.0. The zero-order valence-corrected chi connectivity index (χ0v) is 15.9. The Labute approximate surface area is 169 Å². The van der Waals surface area contributed by atoms with Crippen LogP contribution in [0.2, 0.25) is 0 Å². The van der Waals surface area contributed by atoms with Crippen LogP contribution in [-0.4, -0.2) is 53.3 Å². The molecule has 0 amide bonds. The Morgan fingerprint density at radius 1 is 0.966 bits per heavy atom. The van der Waals surface area contributed by atoms with Crippen molar-refractivity contribution in [1.82, 2.24) is 10.3 Å². The second kappa shape index (κ2) is 12.0. The molecule has 1 aliphatic heterocycles. The van der Waals surface area contributed by atoms with E-state index in [9.17, 15) is 9.59 Å². The first-order valence-corrected chi connectivity index (χ1v) is 9.16. The zero-order chi connectivity index (χ0) is 20.9. The number of nitrogens with zero attached hydrogens (tertiary/aromatic N) is 2. The molecule has 0 radical (unpaired) electrons. The second-order valence-electron chi connectivity index (χ2n) is 6.15. The lowest BCUT2D eigenvalue weighted by atomic mass is 10.2. The molecular formula is C22H23N3O4. The fraction of sp³-hybridized carbons (Fsp3) is 0.227. The van der Waals surface area contributed by atoms with Crippen LogP contribution >= 0.6 is 0 Å². The van der Waals surface area contributed by atoms with Crippen LogP contribution in [0.3, 0.4) is 0 Å². The normalized spacial score (nSPS) is 13.4. The molecule has 0 saturated carbocycles. The van der Waals surface area contributed by atoms with Crippen molar-refractivity contribution in [2.45, 2.75) is 6.42 Å². The molecule has 7 heteroatoms. The second-order valence-corrected chi connectivity index (χ2v) is 6.15. The van der Waals surface area contributed by atoms with Crippen molar-refractivity contribution in [2.24, 2.45) is 0 Å². The number of hydrogen-bond acceptors (Lipinski definition) is 5. The number of carbonyl (C=O) groups is 2. The van der Waals surface area contributed by atoms with Crippen LogP contribution in [0, 0.1) is 11.8 Å². The third-order valence-electron chi connectivity index (χ3n) is 3.92. The molecular weight excluding hydrogens is 370 g/mol. The van der Waals surface area contributed by atoms with Crippen molar-refractivity contribution in [3.63, 3.8) is 0 Å². The van der Waals surface area contributed by atoms with Crippen molar-refractivity contribution in [2.75, 3.05) is 31.1 Å². The van der Waals surface area contributed by atoms with Crippen LogP contribution in [0.5, 0.6) is 0 Å². The van der Waals surface area contributed by atoms with Crippen LogP contribution in [0.25, 0.3) is 0 Å². The van der Waals surface area contributed by atoms with Gasteiger partial charge < -0.3 is 20.4 Å². The van der Waals surface area contributed by atoms with E-state index in [1.165, 1.54) is 12.1 Å². The van der Waals surface area contributed by atoms with Gasteiger partial charge in [0.1, 0.15) is 0 Å². The molecule has 1 saturated heterocycles. The molecule has 0 bridgehead atoms. The first-order valence-electron chi connectivity index (χ1n) is 9.16. The average molecular weight is 393 g/mol. The summed E-state index contributed by atoms with van der Waals surface area (Å²) in [4.78, 5) is 25.8. The highest BCUT2D eigenvalue weighted by Gasteiger charge is 2.09. The van der Waals surface area contributed by atoms with Crippen molar-refractivity contribution < 1.29 is 19.8 Å². The van der Waals surface area contributed by atoms with Gasteiger partial charge in [-0.15, -0.1) is 0 Å². The van der Waals surface area contributed by atoms with Gasteiger partial charge >= 0.3 is 11.9 Å². The van der Waals surface area contributed by atoms with Gasteiger partial charge in [-0.25, -0.2) is 9.59 Å². The predicted molar refractivity (Wildman–Crippen MR) is 111 cm³/mol. The molecule has 1 aromatic heterocycles. The van der Waals surface area contributed by atoms with E-state index in [1.807, 2.05) is 42.7 Å². The SMILES string of the molecule is C(#Cc1cncc(N2CCCNCC2)c1)c1ccccc1.O=C(O)/C=C/C(=O)O. The molecule has 2 heterocycles. The molecule has 29 heavy (non-hydrogen) atoms. The summed E-state index contributed by atoms with van der Waals surface area (Å²) in [6.07, 6.45) is 6.04. The van der Waals surface area contributed by atoms with E-state index >= 15 is 0 Å². The lowest BCUT2D eigenvalue weighted by molar-refractivity contribution is -0.134. The zero-order valence-electron chi connectivity index (χ0n) is 15.9. The summed E-state index contributed by atoms with van der Waals surface area (Å²) in [5.74, 6) is 3.87. The number of carboxylic acid groups (broad SMARTS) is 2. The van der Waals surface area contributed by atoms with E-state index in [-0.39, 0.29) is 0 Å². The van der Waals surface area contributed by atoms with Gasteiger partial charge in [-0.1, -0.05) is 30.0 Å². The fourth-order valence-corrected chi connectivity index (χ4v) is 2.58. The molecule has 1 aromatic carbocycles. The lowest BCUT2D eigenvalue weighted by Gasteiger charge is -2.21. The van der Waals surface area contributed by atoms with E-state index in [1.54, 1.807) is 0 Å². The van der Waals surface area contributed by atoms with Crippen molar-refractivity contribution in [3.8, 4) is 11.8 Å². The smallest absolute Gasteiger partial charge is 0.328 e. The molecule has 7 nitrogen and oxygen atoms in total. The van der Waals surface area contributed by atoms with Gasteiger partial charge in [0.2, 0.25) is 0 Å². The molecule has 0 atom stereocenters. The van der Waals surface area contributed by atoms with E-state index in [4.69, 9.17) is 10.2 Å². The summed E-state index contributed by atoms with van der Waals surface area (Å²) >= 11 is 0. The highest BCUT2D eigenvalue weighted by molar-refractivity contribution is 5.89. The number of benzene rings is 1. The third kappa shape index (κ3) is 8.73. The molecule has 0 spiro atoms. The molecule has 1 fully saturated rings. The first-order chi connectivity index (χ1) is 14.0. The molecule has 3 rings (SSSR count). The third-order valence-corrected chi connectivity index (χ3v) is 3.92. The van der Waals surface area contributed by atoms with Crippen molar-refractivity contribution in [3.05, 3.63) is 72.1 Å². The van der Waals surface area contributed by atoms with Gasteiger partial charge in [0.05, 0.1) is 11.9 Å². The standard InChI is InChI=1S/C18H19N3.C4H4O4/c1-2-5-16(6-3-1)7-8-17-13-18(15-20-14-17)21-11-4-9-19-10-12-21;5-3(6)1-2-4(7)8/h1-3,5-6,13-15,19H,4,9-12H2;1-2H,(H,5,6)(H,7,8)/b;2-1+. The Morgan fingerprint density at radius 2 is 1.66 bits per heavy atom. The highest BCUT2D eigenvalue weighted by atomic mass is 16.4. The van der Waals surface area contributed by atoms with Gasteiger partial charge in [0.15, 0.2) is 0 Å². The molecule has 150 valence electrons. The molecule has 0 unspecified atom stereocenters. The quantitative estimate of drug-likeness (QED) is 0.541. The summed E-state index contributed by atoms with van der Waals surface area (Å²) < 4.78 is 0. The molecule has 1 aliphatic rings. The van der Waals surface area contributed by atoms with E-state index < -0.39 is 11.9 Å². The predicted octanol–water partition coefficient (Wildman–Crippen LogP) is 1.99. The van der Waals surface area contributed by atoms with Gasteiger partial charge in [0.25, 0.3) is 0 Å².